The van der Waals surface area contributed by atoms with Crippen LogP contribution in [-0.4, -0.2) is 45.1 Å². The van der Waals surface area contributed by atoms with Crippen molar-refractivity contribution in [1.29, 1.82) is 0 Å². The summed E-state index contributed by atoms with van der Waals surface area (Å²) in [6, 6.07) is 9.47. The molecule has 0 fully saturated rings. The zero-order valence-corrected chi connectivity index (χ0v) is 17.7. The third kappa shape index (κ3) is 5.37. The molecular formula is C23H23FN4O4. The minimum absolute atomic E-state index is 0.0631. The first-order chi connectivity index (χ1) is 15.3. The standard InChI is InChI=1S/C23H23FN4O4/c1-14-8-11-18(24)13-17(14)10-9-16-5-3-6-19(22(16)31)25-26-21-15(2)27-28(23(21)32)12-4-7-20(29)30/h3,5-6,8-11,13,25,31H,4,7,12H2,1-2H3,(H,29,30)/b10-9+,26-21-. The number of carboxylic acid groups (broad SMARTS) is 1. The summed E-state index contributed by atoms with van der Waals surface area (Å²) in [5, 5.41) is 28.7. The minimum Gasteiger partial charge on any atom is -0.505 e. The Morgan fingerprint density at radius 2 is 1.97 bits per heavy atom. The number of aromatic hydroxyl groups is 1. The molecule has 0 saturated heterocycles. The van der Waals surface area contributed by atoms with Crippen molar-refractivity contribution in [2.45, 2.75) is 26.7 Å². The van der Waals surface area contributed by atoms with Crippen molar-refractivity contribution in [3.63, 3.8) is 0 Å². The largest absolute Gasteiger partial charge is 0.505 e. The summed E-state index contributed by atoms with van der Waals surface area (Å²) < 4.78 is 13.5. The quantitative estimate of drug-likeness (QED) is 0.329. The van der Waals surface area contributed by atoms with Gasteiger partial charge in [-0.25, -0.2) is 9.40 Å². The monoisotopic (exact) mass is 438 g/mol. The second-order valence-electron chi connectivity index (χ2n) is 7.26. The Morgan fingerprint density at radius 1 is 1.22 bits per heavy atom. The summed E-state index contributed by atoms with van der Waals surface area (Å²) in [6.07, 6.45) is 3.58. The van der Waals surface area contributed by atoms with Crippen molar-refractivity contribution in [3.8, 4) is 5.75 Å². The minimum atomic E-state index is -0.940. The molecule has 0 atom stereocenters. The highest BCUT2D eigenvalue weighted by atomic mass is 19.1. The molecule has 166 valence electrons. The van der Waals surface area contributed by atoms with E-state index in [2.05, 4.69) is 15.6 Å². The fourth-order valence-electron chi connectivity index (χ4n) is 3.08. The van der Waals surface area contributed by atoms with Crippen LogP contribution in [-0.2, 0) is 9.59 Å². The maximum Gasteiger partial charge on any atom is 0.303 e. The number of carbonyl (C=O) groups excluding carboxylic acids is 1. The van der Waals surface area contributed by atoms with Gasteiger partial charge in [0, 0.05) is 18.5 Å². The molecule has 1 heterocycles. The van der Waals surface area contributed by atoms with Crippen molar-refractivity contribution in [1.82, 2.24) is 5.01 Å². The third-order valence-corrected chi connectivity index (χ3v) is 4.85. The van der Waals surface area contributed by atoms with Crippen LogP contribution in [0, 0.1) is 12.7 Å². The molecule has 8 nitrogen and oxygen atoms in total. The van der Waals surface area contributed by atoms with Gasteiger partial charge in [-0.2, -0.15) is 10.2 Å². The number of nitrogens with one attached hydrogen (secondary N) is 1. The average molecular weight is 438 g/mol. The van der Waals surface area contributed by atoms with Gasteiger partial charge in [0.15, 0.2) is 5.71 Å². The second-order valence-corrected chi connectivity index (χ2v) is 7.26. The number of aryl methyl sites for hydroxylation is 1. The molecule has 9 heteroatoms. The topological polar surface area (TPSA) is 115 Å². The number of rotatable bonds is 8. The van der Waals surface area contributed by atoms with E-state index in [1.807, 2.05) is 6.92 Å². The van der Waals surface area contributed by atoms with E-state index in [9.17, 15) is 19.1 Å². The van der Waals surface area contributed by atoms with Crippen LogP contribution < -0.4 is 5.43 Å². The van der Waals surface area contributed by atoms with Crippen LogP contribution in [0.25, 0.3) is 12.2 Å². The van der Waals surface area contributed by atoms with Crippen molar-refractivity contribution in [2.24, 2.45) is 10.2 Å². The molecule has 3 rings (SSSR count). The molecule has 1 aliphatic rings. The first kappa shape index (κ1) is 22.7. The fraction of sp³-hybridized carbons (Fsp3) is 0.217. The lowest BCUT2D eigenvalue weighted by atomic mass is 10.1. The highest BCUT2D eigenvalue weighted by Crippen LogP contribution is 2.29. The molecule has 0 unspecified atom stereocenters. The van der Waals surface area contributed by atoms with Gasteiger partial charge in [-0.05, 0) is 49.6 Å². The van der Waals surface area contributed by atoms with Gasteiger partial charge in [0.25, 0.3) is 5.91 Å². The number of hydrogen-bond donors (Lipinski definition) is 3. The Morgan fingerprint density at radius 3 is 2.72 bits per heavy atom. The van der Waals surface area contributed by atoms with Crippen LogP contribution >= 0.6 is 0 Å². The fourth-order valence-corrected chi connectivity index (χ4v) is 3.08. The molecule has 0 spiro atoms. The summed E-state index contributed by atoms with van der Waals surface area (Å²) in [4.78, 5) is 23.1. The average Bonchev–Trinajstić information content (AvgIpc) is 3.01. The molecule has 1 aliphatic heterocycles. The van der Waals surface area contributed by atoms with Gasteiger partial charge in [0.1, 0.15) is 11.6 Å². The number of nitrogens with zero attached hydrogens (tertiary/aromatic N) is 3. The third-order valence-electron chi connectivity index (χ3n) is 4.85. The van der Waals surface area contributed by atoms with E-state index in [0.29, 0.717) is 16.8 Å². The van der Waals surface area contributed by atoms with E-state index in [0.717, 1.165) is 5.56 Å². The molecule has 0 saturated carbocycles. The molecule has 2 aromatic rings. The predicted molar refractivity (Wildman–Crippen MR) is 121 cm³/mol. The highest BCUT2D eigenvalue weighted by Gasteiger charge is 2.29. The molecule has 3 N–H and O–H groups in total. The number of benzene rings is 2. The van der Waals surface area contributed by atoms with E-state index >= 15 is 0 Å². The molecule has 1 amide bonds. The number of hydrogen-bond acceptors (Lipinski definition) is 6. The van der Waals surface area contributed by atoms with E-state index in [1.54, 1.807) is 43.3 Å². The lowest BCUT2D eigenvalue weighted by Gasteiger charge is -2.10. The van der Waals surface area contributed by atoms with Gasteiger partial charge in [-0.1, -0.05) is 30.4 Å². The highest BCUT2D eigenvalue weighted by molar-refractivity contribution is 6.68. The van der Waals surface area contributed by atoms with Crippen molar-refractivity contribution in [2.75, 3.05) is 12.0 Å². The summed E-state index contributed by atoms with van der Waals surface area (Å²) in [5.74, 6) is -1.82. The number of amides is 1. The zero-order valence-electron chi connectivity index (χ0n) is 17.7. The summed E-state index contributed by atoms with van der Waals surface area (Å²) in [5.41, 5.74) is 5.50. The van der Waals surface area contributed by atoms with Crippen LogP contribution in [0.1, 0.15) is 36.5 Å². The van der Waals surface area contributed by atoms with E-state index in [4.69, 9.17) is 5.11 Å². The number of carbonyl (C=O) groups is 2. The Kier molecular flexibility index (Phi) is 6.99. The first-order valence-corrected chi connectivity index (χ1v) is 9.95. The number of phenolic OH excluding ortho intramolecular Hbond substituents is 1. The Hall–Kier alpha value is -4.01. The number of aliphatic carboxylic acids is 1. The summed E-state index contributed by atoms with van der Waals surface area (Å²) in [6.45, 7) is 3.66. The lowest BCUT2D eigenvalue weighted by molar-refractivity contribution is -0.137. The number of phenols is 1. The van der Waals surface area contributed by atoms with E-state index in [-0.39, 0.29) is 42.4 Å². The molecule has 0 bridgehead atoms. The number of hydrazone groups is 2. The maximum atomic E-state index is 13.5. The molecular weight excluding hydrogens is 415 g/mol. The number of para-hydroxylation sites is 1. The van der Waals surface area contributed by atoms with Gasteiger partial charge in [-0.3, -0.25) is 15.0 Å². The summed E-state index contributed by atoms with van der Waals surface area (Å²) in [7, 11) is 0. The number of anilines is 1. The van der Waals surface area contributed by atoms with Crippen LogP contribution in [0.2, 0.25) is 0 Å². The van der Waals surface area contributed by atoms with Crippen LogP contribution in [0.15, 0.2) is 46.6 Å². The molecule has 2 aromatic carbocycles. The molecule has 0 aromatic heterocycles. The van der Waals surface area contributed by atoms with Crippen molar-refractivity contribution < 1.29 is 24.2 Å². The van der Waals surface area contributed by atoms with E-state index in [1.165, 1.54) is 17.1 Å². The van der Waals surface area contributed by atoms with Crippen LogP contribution in [0.5, 0.6) is 5.75 Å². The van der Waals surface area contributed by atoms with Gasteiger partial charge in [0.05, 0.1) is 11.4 Å². The van der Waals surface area contributed by atoms with Gasteiger partial charge in [-0.15, -0.1) is 0 Å². The Labute approximate surface area is 184 Å². The Balaban J connectivity index is 1.73. The molecule has 32 heavy (non-hydrogen) atoms. The summed E-state index contributed by atoms with van der Waals surface area (Å²) >= 11 is 0. The van der Waals surface area contributed by atoms with Gasteiger partial charge >= 0.3 is 5.97 Å². The maximum absolute atomic E-state index is 13.5. The Bertz CT molecular complexity index is 1140. The van der Waals surface area contributed by atoms with Gasteiger partial charge in [0.2, 0.25) is 0 Å². The van der Waals surface area contributed by atoms with Gasteiger partial charge < -0.3 is 10.2 Å². The molecule has 0 radical (unpaired) electrons. The van der Waals surface area contributed by atoms with Crippen LogP contribution in [0.4, 0.5) is 10.1 Å². The second kappa shape index (κ2) is 9.86. The zero-order chi connectivity index (χ0) is 23.3. The van der Waals surface area contributed by atoms with Crippen LogP contribution in [0.3, 0.4) is 0 Å². The number of halogens is 1. The first-order valence-electron chi connectivity index (χ1n) is 9.95. The molecule has 0 aliphatic carbocycles. The predicted octanol–water partition coefficient (Wildman–Crippen LogP) is 3.86. The SMILES string of the molecule is CC1=NN(CCCC(=O)O)C(=O)/C1=N\Nc1cccc(/C=C/c2cc(F)ccc2C)c1O. The van der Waals surface area contributed by atoms with E-state index < -0.39 is 11.9 Å². The normalized spacial score (nSPS) is 15.0. The lowest BCUT2D eigenvalue weighted by Crippen LogP contribution is -2.29. The van der Waals surface area contributed by atoms with Crippen molar-refractivity contribution in [3.05, 3.63) is 58.9 Å². The van der Waals surface area contributed by atoms with Crippen molar-refractivity contribution >= 4 is 41.1 Å². The smallest absolute Gasteiger partial charge is 0.303 e. The number of carboxylic acids is 1.